The van der Waals surface area contributed by atoms with Crippen molar-refractivity contribution in [2.45, 2.75) is 26.3 Å². The molecule has 2 nitrogen and oxygen atoms in total. The Hall–Kier alpha value is -0.410. The molecule has 0 saturated carbocycles. The van der Waals surface area contributed by atoms with Gasteiger partial charge in [-0.2, -0.15) is 0 Å². The van der Waals surface area contributed by atoms with Gasteiger partial charge in [0.2, 0.25) is 0 Å². The number of nitrogens with one attached hydrogen (secondary N) is 1. The van der Waals surface area contributed by atoms with Crippen molar-refractivity contribution in [3.8, 4) is 0 Å². The van der Waals surface area contributed by atoms with E-state index in [1.165, 1.54) is 11.4 Å². The highest BCUT2D eigenvalue weighted by atomic mass is 32.1. The van der Waals surface area contributed by atoms with Crippen LogP contribution in [0.25, 0.3) is 0 Å². The summed E-state index contributed by atoms with van der Waals surface area (Å²) in [5.41, 5.74) is 0. The van der Waals surface area contributed by atoms with Gasteiger partial charge in [-0.1, -0.05) is 6.92 Å². The second-order valence-electron chi connectivity index (χ2n) is 2.55. The summed E-state index contributed by atoms with van der Waals surface area (Å²) in [6.45, 7) is 5.39. The molecule has 1 rings (SSSR count). The Bertz CT molecular complexity index is 184. The summed E-state index contributed by atoms with van der Waals surface area (Å²) in [4.78, 5) is 4.23. The van der Waals surface area contributed by atoms with Crippen molar-refractivity contribution >= 4 is 11.3 Å². The molecule has 0 spiro atoms. The summed E-state index contributed by atoms with van der Waals surface area (Å²) in [6, 6.07) is 0.412. The van der Waals surface area contributed by atoms with E-state index in [4.69, 9.17) is 0 Å². The van der Waals surface area contributed by atoms with Crippen molar-refractivity contribution < 1.29 is 0 Å². The Morgan fingerprint density at radius 3 is 3.09 bits per heavy atom. The van der Waals surface area contributed by atoms with Crippen LogP contribution in [0.3, 0.4) is 0 Å². The van der Waals surface area contributed by atoms with Gasteiger partial charge < -0.3 is 5.32 Å². The molecule has 0 aromatic carbocycles. The van der Waals surface area contributed by atoms with Crippen LogP contribution in [0, 0.1) is 0 Å². The predicted octanol–water partition coefficient (Wildman–Crippen LogP) is 2.20. The van der Waals surface area contributed by atoms with E-state index >= 15 is 0 Å². The molecule has 0 unspecified atom stereocenters. The van der Waals surface area contributed by atoms with E-state index in [0.717, 1.165) is 6.54 Å². The molecule has 1 aromatic heterocycles. The highest BCUT2D eigenvalue weighted by Crippen LogP contribution is 2.13. The fourth-order valence-electron chi connectivity index (χ4n) is 0.896. The Balaban J connectivity index is 2.36. The lowest BCUT2D eigenvalue weighted by Crippen LogP contribution is -2.18. The van der Waals surface area contributed by atoms with Gasteiger partial charge in [0.1, 0.15) is 5.01 Å². The number of nitrogens with zero attached hydrogens (tertiary/aromatic N) is 1. The van der Waals surface area contributed by atoms with Crippen LogP contribution in [0.2, 0.25) is 0 Å². The first kappa shape index (κ1) is 8.68. The molecule has 0 saturated heterocycles. The van der Waals surface area contributed by atoms with Crippen LogP contribution in [0.15, 0.2) is 11.6 Å². The molecule has 11 heavy (non-hydrogen) atoms. The topological polar surface area (TPSA) is 24.9 Å². The second kappa shape index (κ2) is 4.46. The van der Waals surface area contributed by atoms with Crippen LogP contribution >= 0.6 is 11.3 Å². The number of rotatable bonds is 4. The monoisotopic (exact) mass is 170 g/mol. The maximum Gasteiger partial charge on any atom is 0.109 e. The molecule has 1 aromatic rings. The smallest absolute Gasteiger partial charge is 0.109 e. The van der Waals surface area contributed by atoms with Gasteiger partial charge in [0, 0.05) is 11.6 Å². The van der Waals surface area contributed by atoms with Gasteiger partial charge in [-0.3, -0.25) is 0 Å². The number of thiazole rings is 1. The van der Waals surface area contributed by atoms with E-state index in [2.05, 4.69) is 24.1 Å². The van der Waals surface area contributed by atoms with E-state index in [1.807, 2.05) is 11.6 Å². The molecule has 1 heterocycles. The zero-order valence-corrected chi connectivity index (χ0v) is 7.82. The van der Waals surface area contributed by atoms with Crippen LogP contribution in [-0.4, -0.2) is 11.5 Å². The van der Waals surface area contributed by atoms with Gasteiger partial charge in [-0.05, 0) is 19.9 Å². The second-order valence-corrected chi connectivity index (χ2v) is 3.47. The largest absolute Gasteiger partial charge is 0.308 e. The maximum absolute atomic E-state index is 4.23. The Kier molecular flexibility index (Phi) is 3.52. The fraction of sp³-hybridized carbons (Fsp3) is 0.625. The summed E-state index contributed by atoms with van der Waals surface area (Å²) < 4.78 is 0. The average molecular weight is 170 g/mol. The molecule has 0 amide bonds. The third-order valence-electron chi connectivity index (χ3n) is 1.52. The Morgan fingerprint density at radius 2 is 2.55 bits per heavy atom. The van der Waals surface area contributed by atoms with Gasteiger partial charge in [-0.25, -0.2) is 4.98 Å². The Labute approximate surface area is 71.7 Å². The third kappa shape index (κ3) is 2.60. The lowest BCUT2D eigenvalue weighted by atomic mass is 10.3. The van der Waals surface area contributed by atoms with Crippen molar-refractivity contribution in [3.05, 3.63) is 16.6 Å². The molecule has 3 heteroatoms. The standard InChI is InChI=1S/C8H14N2S/c1-3-4-9-7(2)8-10-5-6-11-8/h5-7,9H,3-4H2,1-2H3/t7-/m0/s1. The van der Waals surface area contributed by atoms with Gasteiger partial charge in [0.25, 0.3) is 0 Å². The summed E-state index contributed by atoms with van der Waals surface area (Å²) in [7, 11) is 0. The first-order chi connectivity index (χ1) is 5.34. The molecular formula is C8H14N2S. The molecule has 0 radical (unpaired) electrons. The molecule has 1 N–H and O–H groups in total. The Morgan fingerprint density at radius 1 is 1.73 bits per heavy atom. The van der Waals surface area contributed by atoms with Gasteiger partial charge in [-0.15, -0.1) is 11.3 Å². The van der Waals surface area contributed by atoms with Crippen LogP contribution in [0.4, 0.5) is 0 Å². The number of hydrogen-bond donors (Lipinski definition) is 1. The molecule has 0 fully saturated rings. The van der Waals surface area contributed by atoms with Crippen molar-refractivity contribution in [3.63, 3.8) is 0 Å². The predicted molar refractivity (Wildman–Crippen MR) is 48.8 cm³/mol. The minimum absolute atomic E-state index is 0.412. The fourth-order valence-corrected chi connectivity index (χ4v) is 1.57. The van der Waals surface area contributed by atoms with Crippen LogP contribution in [0.1, 0.15) is 31.3 Å². The van der Waals surface area contributed by atoms with Crippen LogP contribution < -0.4 is 5.32 Å². The zero-order chi connectivity index (χ0) is 8.10. The first-order valence-electron chi connectivity index (χ1n) is 3.97. The zero-order valence-electron chi connectivity index (χ0n) is 7.00. The minimum atomic E-state index is 0.412. The summed E-state index contributed by atoms with van der Waals surface area (Å²) in [5.74, 6) is 0. The van der Waals surface area contributed by atoms with E-state index in [9.17, 15) is 0 Å². The molecule has 62 valence electrons. The SMILES string of the molecule is CCCN[C@@H](C)c1nccs1. The lowest BCUT2D eigenvalue weighted by molar-refractivity contribution is 0.568. The van der Waals surface area contributed by atoms with Crippen molar-refractivity contribution in [1.82, 2.24) is 10.3 Å². The quantitative estimate of drug-likeness (QED) is 0.749. The van der Waals surface area contributed by atoms with E-state index in [0.29, 0.717) is 6.04 Å². The highest BCUT2D eigenvalue weighted by molar-refractivity contribution is 7.09. The summed E-state index contributed by atoms with van der Waals surface area (Å²) in [6.07, 6.45) is 3.03. The molecule has 0 bridgehead atoms. The molecule has 1 atom stereocenters. The van der Waals surface area contributed by atoms with Crippen molar-refractivity contribution in [2.75, 3.05) is 6.54 Å². The summed E-state index contributed by atoms with van der Waals surface area (Å²) in [5, 5.41) is 6.58. The molecular weight excluding hydrogens is 156 g/mol. The molecule has 0 aliphatic rings. The average Bonchev–Trinajstić information content (AvgIpc) is 2.52. The van der Waals surface area contributed by atoms with Gasteiger partial charge >= 0.3 is 0 Å². The maximum atomic E-state index is 4.23. The van der Waals surface area contributed by atoms with Gasteiger partial charge in [0.15, 0.2) is 0 Å². The van der Waals surface area contributed by atoms with Crippen molar-refractivity contribution in [1.29, 1.82) is 0 Å². The minimum Gasteiger partial charge on any atom is -0.308 e. The first-order valence-corrected chi connectivity index (χ1v) is 4.85. The van der Waals surface area contributed by atoms with Gasteiger partial charge in [0.05, 0.1) is 6.04 Å². The molecule has 0 aliphatic carbocycles. The normalized spacial score (nSPS) is 13.3. The summed E-state index contributed by atoms with van der Waals surface area (Å²) >= 11 is 1.71. The third-order valence-corrected chi connectivity index (χ3v) is 2.48. The van der Waals surface area contributed by atoms with E-state index < -0.39 is 0 Å². The van der Waals surface area contributed by atoms with Crippen molar-refractivity contribution in [2.24, 2.45) is 0 Å². The van der Waals surface area contributed by atoms with Crippen LogP contribution in [-0.2, 0) is 0 Å². The van der Waals surface area contributed by atoms with E-state index in [1.54, 1.807) is 11.3 Å². The number of hydrogen-bond acceptors (Lipinski definition) is 3. The lowest BCUT2D eigenvalue weighted by Gasteiger charge is -2.08. The highest BCUT2D eigenvalue weighted by Gasteiger charge is 2.04. The van der Waals surface area contributed by atoms with E-state index in [-0.39, 0.29) is 0 Å². The molecule has 0 aliphatic heterocycles. The van der Waals surface area contributed by atoms with Crippen LogP contribution in [0.5, 0.6) is 0 Å². The number of aromatic nitrogens is 1.